The van der Waals surface area contributed by atoms with Crippen LogP contribution in [0.4, 0.5) is 0 Å². The van der Waals surface area contributed by atoms with E-state index in [0.29, 0.717) is 25.2 Å². The van der Waals surface area contributed by atoms with Gasteiger partial charge in [-0.25, -0.2) is 4.57 Å². The summed E-state index contributed by atoms with van der Waals surface area (Å²) in [7, 11) is -5.69. The highest BCUT2D eigenvalue weighted by molar-refractivity contribution is 7.47. The Hall–Kier alpha value is -2.04. The molecule has 24 nitrogen and oxygen atoms in total. The molecule has 98 heavy (non-hydrogen) atoms. The van der Waals surface area contributed by atoms with Gasteiger partial charge in [0.2, 0.25) is 0 Å². The smallest absolute Gasteiger partial charge is 0.463 e. The molecule has 1 saturated carbocycles. The van der Waals surface area contributed by atoms with E-state index in [0.717, 1.165) is 96.3 Å². The highest BCUT2D eigenvalue weighted by Gasteiger charge is 2.58. The van der Waals surface area contributed by atoms with Crippen molar-refractivity contribution in [2.45, 2.75) is 414 Å². The Kier molecular flexibility index (Phi) is 50.2. The third-order valence-corrected chi connectivity index (χ3v) is 20.5. The maximum Gasteiger partial charge on any atom is 0.472 e. The lowest BCUT2D eigenvalue weighted by Crippen LogP contribution is -2.69. The highest BCUT2D eigenvalue weighted by atomic mass is 31.2. The van der Waals surface area contributed by atoms with Gasteiger partial charge < -0.3 is 89.1 Å². The van der Waals surface area contributed by atoms with Gasteiger partial charge in [-0.15, -0.1) is 0 Å². The Morgan fingerprint density at radius 1 is 0.388 bits per heavy atom. The van der Waals surface area contributed by atoms with E-state index < -0.39 is 156 Å². The van der Waals surface area contributed by atoms with Crippen LogP contribution >= 0.6 is 7.82 Å². The molecule has 0 amide bonds. The zero-order valence-corrected chi connectivity index (χ0v) is 61.4. The van der Waals surface area contributed by atoms with Gasteiger partial charge in [-0.05, 0) is 25.2 Å². The summed E-state index contributed by atoms with van der Waals surface area (Å²) in [6.45, 7) is 5.79. The maximum atomic E-state index is 14.3. The molecule has 0 aromatic rings. The second-order valence-electron chi connectivity index (χ2n) is 28.4. The van der Waals surface area contributed by atoms with Crippen LogP contribution in [0.1, 0.15) is 310 Å². The molecular formula is C73H137O24P. The monoisotopic (exact) mass is 1430 g/mol. The van der Waals surface area contributed by atoms with Crippen LogP contribution in [0.15, 0.2) is 0 Å². The van der Waals surface area contributed by atoms with Gasteiger partial charge in [-0.2, -0.15) is 0 Å². The fraction of sp³-hybridized carbons (Fsp3) is 0.959. The molecule has 19 atom stereocenters. The summed E-state index contributed by atoms with van der Waals surface area (Å²) in [4.78, 5) is 51.0. The van der Waals surface area contributed by atoms with E-state index in [-0.39, 0.29) is 19.3 Å². The van der Waals surface area contributed by atoms with Crippen LogP contribution in [-0.2, 0) is 61.2 Å². The number of rotatable bonds is 60. The average molecular weight is 1430 g/mol. The Morgan fingerprint density at radius 2 is 0.714 bits per heavy atom. The summed E-state index contributed by atoms with van der Waals surface area (Å²) < 4.78 is 65.1. The lowest BCUT2D eigenvalue weighted by Gasteiger charge is -2.49. The van der Waals surface area contributed by atoms with Crippen LogP contribution in [0.25, 0.3) is 0 Å². The van der Waals surface area contributed by atoms with E-state index in [1.54, 1.807) is 0 Å². The van der Waals surface area contributed by atoms with Gasteiger partial charge >= 0.3 is 25.7 Å². The fourth-order valence-corrected chi connectivity index (χ4v) is 14.1. The first-order chi connectivity index (χ1) is 47.2. The molecule has 0 radical (unpaired) electrons. The maximum absolute atomic E-state index is 14.3. The molecule has 2 aliphatic heterocycles. The number of aliphatic hydroxyl groups excluding tert-OH is 10. The summed E-state index contributed by atoms with van der Waals surface area (Å²) in [5.74, 6) is -1.28. The molecule has 1 aliphatic carbocycles. The van der Waals surface area contributed by atoms with E-state index in [4.69, 9.17) is 42.2 Å². The van der Waals surface area contributed by atoms with Crippen LogP contribution in [0, 0.1) is 5.92 Å². The van der Waals surface area contributed by atoms with Gasteiger partial charge in [-0.3, -0.25) is 23.4 Å². The van der Waals surface area contributed by atoms with E-state index in [9.17, 15) is 74.9 Å². The first-order valence-corrected chi connectivity index (χ1v) is 40.2. The average Bonchev–Trinajstić information content (AvgIpc) is 0.762. The Morgan fingerprint density at radius 3 is 1.10 bits per heavy atom. The number of phosphoric ester groups is 1. The number of aliphatic hydroxyl groups is 10. The van der Waals surface area contributed by atoms with Crippen LogP contribution < -0.4 is 0 Å². The Bertz CT molecular complexity index is 2050. The quantitative estimate of drug-likeness (QED) is 0.0117. The number of hydrogen-bond acceptors (Lipinski definition) is 23. The molecular weight excluding hydrogens is 1290 g/mol. The molecule has 578 valence electrons. The zero-order valence-electron chi connectivity index (χ0n) is 60.5. The van der Waals surface area contributed by atoms with Crippen molar-refractivity contribution >= 4 is 25.7 Å². The number of esters is 3. The highest BCUT2D eigenvalue weighted by Crippen LogP contribution is 2.49. The Balaban J connectivity index is 1.72. The normalized spacial score (nSPS) is 27.9. The second kappa shape index (κ2) is 54.6. The number of carbonyl (C=O) groups is 3. The largest absolute Gasteiger partial charge is 0.472 e. The van der Waals surface area contributed by atoms with E-state index in [1.807, 2.05) is 0 Å². The van der Waals surface area contributed by atoms with Gasteiger partial charge in [-0.1, -0.05) is 272 Å². The lowest BCUT2D eigenvalue weighted by atomic mass is 9.84. The van der Waals surface area contributed by atoms with Crippen molar-refractivity contribution in [1.82, 2.24) is 0 Å². The van der Waals surface area contributed by atoms with Crippen molar-refractivity contribution in [3.8, 4) is 0 Å². The topological polar surface area (TPSA) is 374 Å². The molecule has 0 aromatic heterocycles. The summed E-state index contributed by atoms with van der Waals surface area (Å²) in [6, 6.07) is 0. The third-order valence-electron chi connectivity index (χ3n) is 19.5. The molecule has 3 rings (SSSR count). The second-order valence-corrected chi connectivity index (χ2v) is 29.8. The standard InChI is InChI=1S/C73H137O24P/c1-5-8-11-14-17-19-21-23-24-25-27-28-30-36-42-47-58(76)90-52-56-61(79)63(81)68(86)73(94-56)96-70-66(84)64(82)65(83)69(95-72-67(85)62(80)60(78)55(49-74)93-72)71(70)97-98(87,88)91-51-54(92-59(77)48-43-38-31-29-26-22-20-18-15-12-9-6-2)50-89-57(75)46-41-37-33-32-35-40-45-53(4)44-39-34-16-13-10-7-3/h53-56,60-74,78-86H,5-52H2,1-4H3,(H,87,88). The van der Waals surface area contributed by atoms with E-state index >= 15 is 0 Å². The van der Waals surface area contributed by atoms with Crippen LogP contribution in [0.2, 0.25) is 0 Å². The number of carbonyl (C=O) groups excluding carboxylic acids is 3. The third kappa shape index (κ3) is 37.6. The molecule has 3 fully saturated rings. The minimum Gasteiger partial charge on any atom is -0.463 e. The van der Waals surface area contributed by atoms with Crippen molar-refractivity contribution in [3.63, 3.8) is 0 Å². The van der Waals surface area contributed by atoms with Crippen molar-refractivity contribution in [2.24, 2.45) is 5.92 Å². The number of phosphoric acid groups is 1. The predicted octanol–water partition coefficient (Wildman–Crippen LogP) is 10.8. The van der Waals surface area contributed by atoms with Gasteiger partial charge in [0, 0.05) is 19.3 Å². The molecule has 0 aromatic carbocycles. The predicted molar refractivity (Wildman–Crippen MR) is 370 cm³/mol. The van der Waals surface area contributed by atoms with Gasteiger partial charge in [0.05, 0.1) is 13.2 Å². The number of ether oxygens (including phenoxy) is 7. The summed E-state index contributed by atoms with van der Waals surface area (Å²) in [5, 5.41) is 110. The molecule has 11 N–H and O–H groups in total. The summed E-state index contributed by atoms with van der Waals surface area (Å²) in [6.07, 6.45) is 10.3. The molecule has 0 bridgehead atoms. The first kappa shape index (κ1) is 90.2. The van der Waals surface area contributed by atoms with Crippen LogP contribution in [0.3, 0.4) is 0 Å². The summed E-state index contributed by atoms with van der Waals surface area (Å²) in [5.41, 5.74) is 0. The lowest BCUT2D eigenvalue weighted by molar-refractivity contribution is -0.360. The van der Waals surface area contributed by atoms with Crippen molar-refractivity contribution in [3.05, 3.63) is 0 Å². The minimum absolute atomic E-state index is 0.0335. The van der Waals surface area contributed by atoms with Gasteiger partial charge in [0.15, 0.2) is 18.7 Å². The Labute approximate surface area is 587 Å². The molecule has 2 saturated heterocycles. The molecule has 3 aliphatic rings. The van der Waals surface area contributed by atoms with E-state index in [1.165, 1.54) is 148 Å². The number of hydrogen-bond donors (Lipinski definition) is 11. The van der Waals surface area contributed by atoms with Gasteiger partial charge in [0.25, 0.3) is 0 Å². The van der Waals surface area contributed by atoms with Crippen molar-refractivity contribution < 1.29 is 117 Å². The fourth-order valence-electron chi connectivity index (χ4n) is 13.1. The van der Waals surface area contributed by atoms with E-state index in [2.05, 4.69) is 27.7 Å². The van der Waals surface area contributed by atoms with Gasteiger partial charge in [0.1, 0.15) is 98.7 Å². The van der Waals surface area contributed by atoms with Crippen LogP contribution in [-0.4, -0.2) is 204 Å². The molecule has 0 spiro atoms. The minimum atomic E-state index is -5.69. The molecule has 19 unspecified atom stereocenters. The van der Waals surface area contributed by atoms with Crippen molar-refractivity contribution in [1.29, 1.82) is 0 Å². The zero-order chi connectivity index (χ0) is 71.9. The number of unbranched alkanes of at least 4 members (excludes halogenated alkanes) is 35. The molecule has 2 heterocycles. The SMILES string of the molecule is CCCCCCCCCCCCCCCCCC(=O)OCC1OC(OC2C(O)C(O)C(O)C(OC3OC(CO)C(O)C(O)C3O)C2OP(=O)(O)OCC(COC(=O)CCCCCCCCC(C)CCCCCCCC)OC(=O)CCCCCCCCCCCCCC)C(O)C(O)C1O. The molecule has 25 heteroatoms. The van der Waals surface area contributed by atoms with Crippen molar-refractivity contribution in [2.75, 3.05) is 26.4 Å². The summed E-state index contributed by atoms with van der Waals surface area (Å²) >= 11 is 0. The van der Waals surface area contributed by atoms with Crippen LogP contribution in [0.5, 0.6) is 0 Å². The first-order valence-electron chi connectivity index (χ1n) is 38.7.